The topological polar surface area (TPSA) is 30.9 Å². The summed E-state index contributed by atoms with van der Waals surface area (Å²) in [6, 6.07) is 2.30. The average Bonchev–Trinajstić information content (AvgIpc) is 2.34. The van der Waals surface area contributed by atoms with Crippen LogP contribution < -0.4 is 0 Å². The molecule has 0 amide bonds. The average molecular weight is 366 g/mol. The highest BCUT2D eigenvalue weighted by Crippen LogP contribution is 2.19. The predicted molar refractivity (Wildman–Crippen MR) is 105 cm³/mol. The second kappa shape index (κ2) is 11.1. The van der Waals surface area contributed by atoms with Gasteiger partial charge in [0.05, 0.1) is 6.73 Å². The Kier molecular flexibility index (Phi) is 11.4. The molecule has 0 unspecified atom stereocenters. The van der Waals surface area contributed by atoms with Gasteiger partial charge in [0, 0.05) is 29.3 Å². The van der Waals surface area contributed by atoms with Crippen molar-refractivity contribution in [1.82, 2.24) is 4.23 Å². The van der Waals surface area contributed by atoms with Crippen LogP contribution in [0.15, 0.2) is 0 Å². The van der Waals surface area contributed by atoms with E-state index < -0.39 is 16.5 Å². The van der Waals surface area contributed by atoms with Crippen molar-refractivity contribution in [2.45, 2.75) is 71.5 Å². The van der Waals surface area contributed by atoms with E-state index in [1.807, 2.05) is 13.8 Å². The SMILES string of the molecule is CCOC(C[SiH2]CCOCN([Si](C)(C)C)[Si](C)(C)C)OCC. The number of nitrogens with zero attached hydrogens (tertiary/aromatic N) is 1. The lowest BCUT2D eigenvalue weighted by atomic mass is 10.7. The van der Waals surface area contributed by atoms with E-state index in [0.717, 1.165) is 32.6 Å². The number of hydrogen-bond acceptors (Lipinski definition) is 4. The van der Waals surface area contributed by atoms with Gasteiger partial charge in [0.1, 0.15) is 16.5 Å². The molecule has 0 aromatic carbocycles. The molecular weight excluding hydrogens is 326 g/mol. The molecule has 0 spiro atoms. The molecule has 4 nitrogen and oxygen atoms in total. The van der Waals surface area contributed by atoms with Crippen LogP contribution in [0.25, 0.3) is 0 Å². The Bertz CT molecular complexity index is 260. The van der Waals surface area contributed by atoms with Crippen molar-refractivity contribution in [2.75, 3.05) is 26.6 Å². The van der Waals surface area contributed by atoms with E-state index in [1.54, 1.807) is 0 Å². The molecule has 0 fully saturated rings. The normalized spacial score (nSPS) is 13.9. The summed E-state index contributed by atoms with van der Waals surface area (Å²) in [5.41, 5.74) is 0. The monoisotopic (exact) mass is 365 g/mol. The Hall–Kier alpha value is 0.491. The van der Waals surface area contributed by atoms with Crippen LogP contribution >= 0.6 is 0 Å². The van der Waals surface area contributed by atoms with Gasteiger partial charge in [0.2, 0.25) is 0 Å². The van der Waals surface area contributed by atoms with Gasteiger partial charge in [-0.2, -0.15) is 0 Å². The Labute approximate surface area is 142 Å². The first-order valence-corrected chi connectivity index (χ1v) is 17.6. The summed E-state index contributed by atoms with van der Waals surface area (Å²) in [7, 11) is -2.74. The molecule has 0 atom stereocenters. The van der Waals surface area contributed by atoms with E-state index in [1.165, 1.54) is 6.04 Å². The molecule has 0 aromatic heterocycles. The number of rotatable bonds is 13. The largest absolute Gasteiger partial charge is 0.368 e. The Balaban J connectivity index is 3.96. The van der Waals surface area contributed by atoms with E-state index in [2.05, 4.69) is 43.5 Å². The molecule has 7 heteroatoms. The lowest BCUT2D eigenvalue weighted by Gasteiger charge is -2.43. The van der Waals surface area contributed by atoms with Crippen LogP contribution in [0.5, 0.6) is 0 Å². The van der Waals surface area contributed by atoms with E-state index in [4.69, 9.17) is 14.2 Å². The molecule has 0 aliphatic carbocycles. The van der Waals surface area contributed by atoms with Crippen molar-refractivity contribution in [3.63, 3.8) is 0 Å². The molecule has 0 aliphatic rings. The summed E-state index contributed by atoms with van der Waals surface area (Å²) < 4.78 is 19.9. The van der Waals surface area contributed by atoms with E-state index in [0.29, 0.717) is 0 Å². The van der Waals surface area contributed by atoms with Gasteiger partial charge in [0.15, 0.2) is 6.29 Å². The summed E-state index contributed by atoms with van der Waals surface area (Å²) in [5.74, 6) is 0. The van der Waals surface area contributed by atoms with Gasteiger partial charge in [0.25, 0.3) is 0 Å². The molecule has 0 aromatic rings. The maximum atomic E-state index is 6.00. The molecule has 0 bridgehead atoms. The molecule has 0 rings (SSSR count). The first-order valence-electron chi connectivity index (χ1n) is 8.71. The van der Waals surface area contributed by atoms with Crippen LogP contribution in [-0.4, -0.2) is 63.1 Å². The molecule has 0 heterocycles. The summed E-state index contributed by atoms with van der Waals surface area (Å²) in [6.45, 7) is 21.7. The van der Waals surface area contributed by atoms with Crippen molar-refractivity contribution >= 4 is 26.0 Å². The zero-order valence-corrected chi connectivity index (χ0v) is 19.6. The van der Waals surface area contributed by atoms with Gasteiger partial charge >= 0.3 is 0 Å². The smallest absolute Gasteiger partial charge is 0.154 e. The second-order valence-electron chi connectivity index (χ2n) is 7.64. The van der Waals surface area contributed by atoms with Crippen LogP contribution in [0.2, 0.25) is 51.4 Å². The van der Waals surface area contributed by atoms with E-state index >= 15 is 0 Å². The van der Waals surface area contributed by atoms with Crippen molar-refractivity contribution in [1.29, 1.82) is 0 Å². The van der Waals surface area contributed by atoms with Gasteiger partial charge in [-0.25, -0.2) is 0 Å². The number of hydrogen-bond donors (Lipinski definition) is 0. The van der Waals surface area contributed by atoms with E-state index in [9.17, 15) is 0 Å². The Morgan fingerprint density at radius 1 is 0.909 bits per heavy atom. The molecule has 0 N–H and O–H groups in total. The maximum Gasteiger partial charge on any atom is 0.154 e. The molecule has 0 radical (unpaired) electrons. The molecule has 0 saturated heterocycles. The first kappa shape index (κ1) is 22.5. The third-order valence-electron chi connectivity index (χ3n) is 3.52. The highest BCUT2D eigenvalue weighted by Gasteiger charge is 2.34. The standard InChI is InChI=1S/C15H39NO3Si3/c1-9-18-15(19-10-2)13-20-12-11-17-14-16(21(3,4)5)22(6,7)8/h15H,9-14,20H2,1-8H3. The fourth-order valence-electron chi connectivity index (χ4n) is 2.65. The first-order chi connectivity index (χ1) is 10.1. The van der Waals surface area contributed by atoms with Gasteiger partial charge in [-0.05, 0) is 25.9 Å². The lowest BCUT2D eigenvalue weighted by molar-refractivity contribution is -0.123. The quantitative estimate of drug-likeness (QED) is 0.284. The zero-order valence-electron chi connectivity index (χ0n) is 16.2. The van der Waals surface area contributed by atoms with Crippen molar-refractivity contribution in [3.8, 4) is 0 Å². The van der Waals surface area contributed by atoms with Crippen molar-refractivity contribution in [3.05, 3.63) is 0 Å². The Morgan fingerprint density at radius 3 is 1.82 bits per heavy atom. The minimum Gasteiger partial charge on any atom is -0.368 e. The van der Waals surface area contributed by atoms with Crippen LogP contribution in [-0.2, 0) is 14.2 Å². The minimum atomic E-state index is -1.29. The molecule has 0 aliphatic heterocycles. The second-order valence-corrected chi connectivity index (χ2v) is 19.8. The fraction of sp³-hybridized carbons (Fsp3) is 1.00. The lowest BCUT2D eigenvalue weighted by Crippen LogP contribution is -2.59. The molecule has 134 valence electrons. The van der Waals surface area contributed by atoms with E-state index in [-0.39, 0.29) is 15.8 Å². The van der Waals surface area contributed by atoms with Gasteiger partial charge in [-0.3, -0.25) is 0 Å². The minimum absolute atomic E-state index is 0.0159. The van der Waals surface area contributed by atoms with Crippen molar-refractivity contribution in [2.24, 2.45) is 0 Å². The number of ether oxygens (including phenoxy) is 3. The summed E-state index contributed by atoms with van der Waals surface area (Å²) in [4.78, 5) is 0. The van der Waals surface area contributed by atoms with Crippen molar-refractivity contribution < 1.29 is 14.2 Å². The molecule has 22 heavy (non-hydrogen) atoms. The van der Waals surface area contributed by atoms with Crippen LogP contribution in [0.3, 0.4) is 0 Å². The fourth-order valence-corrected chi connectivity index (χ4v) is 13.0. The van der Waals surface area contributed by atoms with Crippen LogP contribution in [0.1, 0.15) is 13.8 Å². The van der Waals surface area contributed by atoms with Gasteiger partial charge < -0.3 is 18.4 Å². The Morgan fingerprint density at radius 2 is 1.41 bits per heavy atom. The van der Waals surface area contributed by atoms with Gasteiger partial charge in [-0.1, -0.05) is 39.3 Å². The third kappa shape index (κ3) is 10.3. The zero-order chi connectivity index (χ0) is 17.2. The summed E-state index contributed by atoms with van der Waals surface area (Å²) in [6.07, 6.45) is 0.0159. The third-order valence-corrected chi connectivity index (χ3v) is 12.7. The highest BCUT2D eigenvalue weighted by atomic mass is 28.4. The summed E-state index contributed by atoms with van der Waals surface area (Å²) in [5, 5.41) is 0. The maximum absolute atomic E-state index is 6.00. The highest BCUT2D eigenvalue weighted by molar-refractivity contribution is 6.89. The predicted octanol–water partition coefficient (Wildman–Crippen LogP) is 3.34. The van der Waals surface area contributed by atoms with Crippen LogP contribution in [0, 0.1) is 0 Å². The van der Waals surface area contributed by atoms with Crippen LogP contribution in [0.4, 0.5) is 0 Å². The molecular formula is C15H39NO3Si3. The molecule has 0 saturated carbocycles. The van der Waals surface area contributed by atoms with Gasteiger partial charge in [-0.15, -0.1) is 0 Å². The summed E-state index contributed by atoms with van der Waals surface area (Å²) >= 11 is 0.